The first-order chi connectivity index (χ1) is 11.8. The van der Waals surface area contributed by atoms with Crippen LogP contribution >= 0.6 is 0 Å². The Morgan fingerprint density at radius 1 is 0.960 bits per heavy atom. The number of carbonyl (C=O) groups excluding carboxylic acids is 1. The molecule has 2 aromatic carbocycles. The molecule has 3 rings (SSSR count). The molecule has 1 heterocycles. The standard InChI is InChI=1S/C22H26O3/c1-14-8-6-9-15(2)20(14)22(12-19(13-24-22)25-18(5)23)21-16(3)10-7-11-17(21)4/h6-11,19H,12-13H2,1-5H3. The van der Waals surface area contributed by atoms with Gasteiger partial charge >= 0.3 is 5.97 Å². The van der Waals surface area contributed by atoms with Gasteiger partial charge in [0.2, 0.25) is 0 Å². The molecule has 0 aromatic heterocycles. The van der Waals surface area contributed by atoms with Gasteiger partial charge in [0.05, 0.1) is 6.61 Å². The molecule has 1 aliphatic rings. The minimum atomic E-state index is -0.578. The van der Waals surface area contributed by atoms with E-state index in [1.807, 2.05) is 0 Å². The quantitative estimate of drug-likeness (QED) is 0.772. The summed E-state index contributed by atoms with van der Waals surface area (Å²) in [5, 5.41) is 0. The maximum atomic E-state index is 11.5. The Morgan fingerprint density at radius 3 is 1.80 bits per heavy atom. The number of ether oxygens (including phenoxy) is 2. The third-order valence-corrected chi connectivity index (χ3v) is 5.13. The van der Waals surface area contributed by atoms with Crippen molar-refractivity contribution in [1.29, 1.82) is 0 Å². The van der Waals surface area contributed by atoms with Crippen LogP contribution in [-0.4, -0.2) is 18.7 Å². The molecular weight excluding hydrogens is 312 g/mol. The predicted octanol–water partition coefficient (Wildman–Crippen LogP) is 4.52. The molecule has 0 aliphatic carbocycles. The Kier molecular flexibility index (Phi) is 4.70. The predicted molar refractivity (Wildman–Crippen MR) is 98.7 cm³/mol. The molecule has 0 saturated carbocycles. The highest BCUT2D eigenvalue weighted by Gasteiger charge is 2.47. The van der Waals surface area contributed by atoms with Gasteiger partial charge in [-0.15, -0.1) is 0 Å². The summed E-state index contributed by atoms with van der Waals surface area (Å²) in [6, 6.07) is 12.6. The van der Waals surface area contributed by atoms with E-state index in [1.54, 1.807) is 0 Å². The second-order valence-corrected chi connectivity index (χ2v) is 7.11. The fraction of sp³-hybridized carbons (Fsp3) is 0.409. The third kappa shape index (κ3) is 3.09. The maximum absolute atomic E-state index is 11.5. The molecule has 1 aliphatic heterocycles. The highest BCUT2D eigenvalue weighted by Crippen LogP contribution is 2.47. The molecule has 3 nitrogen and oxygen atoms in total. The zero-order chi connectivity index (χ0) is 18.2. The van der Waals surface area contributed by atoms with E-state index in [0.29, 0.717) is 13.0 Å². The molecule has 25 heavy (non-hydrogen) atoms. The number of hydrogen-bond donors (Lipinski definition) is 0. The van der Waals surface area contributed by atoms with Crippen LogP contribution in [0.3, 0.4) is 0 Å². The summed E-state index contributed by atoms with van der Waals surface area (Å²) in [6.07, 6.45) is 0.416. The first-order valence-electron chi connectivity index (χ1n) is 8.79. The topological polar surface area (TPSA) is 35.5 Å². The van der Waals surface area contributed by atoms with Gasteiger partial charge < -0.3 is 9.47 Å². The van der Waals surface area contributed by atoms with Gasteiger partial charge in [0, 0.05) is 13.3 Å². The molecule has 0 spiro atoms. The molecule has 3 heteroatoms. The van der Waals surface area contributed by atoms with E-state index in [-0.39, 0.29) is 12.1 Å². The van der Waals surface area contributed by atoms with Crippen molar-refractivity contribution in [1.82, 2.24) is 0 Å². The summed E-state index contributed by atoms with van der Waals surface area (Å²) in [7, 11) is 0. The van der Waals surface area contributed by atoms with E-state index in [4.69, 9.17) is 9.47 Å². The van der Waals surface area contributed by atoms with Crippen LogP contribution < -0.4 is 0 Å². The first-order valence-corrected chi connectivity index (χ1v) is 8.79. The maximum Gasteiger partial charge on any atom is 0.302 e. The molecule has 0 amide bonds. The number of hydrogen-bond acceptors (Lipinski definition) is 3. The minimum absolute atomic E-state index is 0.226. The van der Waals surface area contributed by atoms with Crippen LogP contribution in [0.25, 0.3) is 0 Å². The lowest BCUT2D eigenvalue weighted by atomic mass is 9.76. The van der Waals surface area contributed by atoms with Gasteiger partial charge in [-0.2, -0.15) is 0 Å². The van der Waals surface area contributed by atoms with E-state index >= 15 is 0 Å². The molecule has 132 valence electrons. The van der Waals surface area contributed by atoms with E-state index in [1.165, 1.54) is 40.3 Å². The molecule has 1 fully saturated rings. The van der Waals surface area contributed by atoms with Crippen molar-refractivity contribution in [3.05, 3.63) is 69.8 Å². The van der Waals surface area contributed by atoms with Gasteiger partial charge in [-0.1, -0.05) is 36.4 Å². The second-order valence-electron chi connectivity index (χ2n) is 7.11. The summed E-state index contributed by atoms with van der Waals surface area (Å²) in [6.45, 7) is 10.4. The fourth-order valence-corrected chi connectivity index (χ4v) is 4.36. The number of carbonyl (C=O) groups is 1. The first kappa shape index (κ1) is 17.7. The van der Waals surface area contributed by atoms with E-state index < -0.39 is 5.60 Å². The average molecular weight is 338 g/mol. The molecular formula is C22H26O3. The van der Waals surface area contributed by atoms with Crippen LogP contribution in [0.1, 0.15) is 46.7 Å². The Labute approximate surface area is 150 Å². The largest absolute Gasteiger partial charge is 0.460 e. The average Bonchev–Trinajstić information content (AvgIpc) is 2.90. The van der Waals surface area contributed by atoms with Crippen molar-refractivity contribution in [2.24, 2.45) is 0 Å². The van der Waals surface area contributed by atoms with E-state index in [0.717, 1.165) is 0 Å². The van der Waals surface area contributed by atoms with Crippen LogP contribution in [-0.2, 0) is 19.9 Å². The molecule has 0 bridgehead atoms. The summed E-state index contributed by atoms with van der Waals surface area (Å²) in [5.41, 5.74) is 6.61. The highest BCUT2D eigenvalue weighted by molar-refractivity contribution is 5.66. The van der Waals surface area contributed by atoms with E-state index in [9.17, 15) is 4.79 Å². The lowest BCUT2D eigenvalue weighted by molar-refractivity contribution is -0.146. The smallest absolute Gasteiger partial charge is 0.302 e. The molecule has 1 atom stereocenters. The van der Waals surface area contributed by atoms with Crippen LogP contribution in [0.5, 0.6) is 0 Å². The molecule has 1 saturated heterocycles. The van der Waals surface area contributed by atoms with Crippen LogP contribution in [0.2, 0.25) is 0 Å². The third-order valence-electron chi connectivity index (χ3n) is 5.13. The Hall–Kier alpha value is -2.13. The fourth-order valence-electron chi connectivity index (χ4n) is 4.36. The van der Waals surface area contributed by atoms with Crippen molar-refractivity contribution in [3.63, 3.8) is 0 Å². The summed E-state index contributed by atoms with van der Waals surface area (Å²) < 4.78 is 12.0. The van der Waals surface area contributed by atoms with E-state index in [2.05, 4.69) is 64.1 Å². The highest BCUT2D eigenvalue weighted by atomic mass is 16.6. The zero-order valence-electron chi connectivity index (χ0n) is 15.7. The van der Waals surface area contributed by atoms with Crippen LogP contribution in [0.4, 0.5) is 0 Å². The van der Waals surface area contributed by atoms with Crippen LogP contribution in [0, 0.1) is 27.7 Å². The molecule has 0 N–H and O–H groups in total. The monoisotopic (exact) mass is 338 g/mol. The number of esters is 1. The Bertz CT molecular complexity index is 715. The summed E-state index contributed by atoms with van der Waals surface area (Å²) in [5.74, 6) is -0.257. The summed E-state index contributed by atoms with van der Waals surface area (Å²) in [4.78, 5) is 11.5. The van der Waals surface area contributed by atoms with Gasteiger partial charge in [0.15, 0.2) is 0 Å². The van der Waals surface area contributed by atoms with Crippen molar-refractivity contribution in [2.75, 3.05) is 6.61 Å². The van der Waals surface area contributed by atoms with Gasteiger partial charge in [0.25, 0.3) is 0 Å². The molecule has 0 radical (unpaired) electrons. The van der Waals surface area contributed by atoms with Gasteiger partial charge in [-0.05, 0) is 61.1 Å². The lowest BCUT2D eigenvalue weighted by Gasteiger charge is -2.35. The Morgan fingerprint density at radius 2 is 1.40 bits per heavy atom. The lowest BCUT2D eigenvalue weighted by Crippen LogP contribution is -2.31. The SMILES string of the molecule is CC(=O)OC1COC(c2c(C)cccc2C)(c2c(C)cccc2C)C1. The van der Waals surface area contributed by atoms with Crippen molar-refractivity contribution < 1.29 is 14.3 Å². The van der Waals surface area contributed by atoms with Crippen molar-refractivity contribution in [3.8, 4) is 0 Å². The zero-order valence-corrected chi connectivity index (χ0v) is 15.7. The minimum Gasteiger partial charge on any atom is -0.460 e. The number of rotatable bonds is 3. The molecule has 1 unspecified atom stereocenters. The molecule has 2 aromatic rings. The van der Waals surface area contributed by atoms with Crippen molar-refractivity contribution in [2.45, 2.75) is 52.7 Å². The van der Waals surface area contributed by atoms with Gasteiger partial charge in [0.1, 0.15) is 11.7 Å². The van der Waals surface area contributed by atoms with Crippen LogP contribution in [0.15, 0.2) is 36.4 Å². The summed E-state index contributed by atoms with van der Waals surface area (Å²) >= 11 is 0. The second kappa shape index (κ2) is 6.64. The Balaban J connectivity index is 2.22. The normalized spacial score (nSPS) is 19.0. The van der Waals surface area contributed by atoms with Gasteiger partial charge in [-0.25, -0.2) is 0 Å². The van der Waals surface area contributed by atoms with Crippen molar-refractivity contribution >= 4 is 5.97 Å². The van der Waals surface area contributed by atoms with Gasteiger partial charge in [-0.3, -0.25) is 4.79 Å². The number of aryl methyl sites for hydroxylation is 4. The number of benzene rings is 2.